The van der Waals surface area contributed by atoms with E-state index in [0.29, 0.717) is 18.9 Å². The first-order valence-electron chi connectivity index (χ1n) is 11.2. The highest BCUT2D eigenvalue weighted by Gasteiger charge is 2.38. The third kappa shape index (κ3) is 3.71. The van der Waals surface area contributed by atoms with Crippen molar-refractivity contribution in [2.45, 2.75) is 38.5 Å². The second-order valence-corrected chi connectivity index (χ2v) is 8.67. The largest absolute Gasteiger partial charge is 0.346 e. The first-order chi connectivity index (χ1) is 15.1. The zero-order valence-corrected chi connectivity index (χ0v) is 17.9. The summed E-state index contributed by atoms with van der Waals surface area (Å²) in [7, 11) is 0. The van der Waals surface area contributed by atoms with Gasteiger partial charge in [0.15, 0.2) is 0 Å². The zero-order valence-electron chi connectivity index (χ0n) is 17.9. The molecule has 0 saturated carbocycles. The fraction of sp³-hybridized carbons (Fsp3) is 0.400. The van der Waals surface area contributed by atoms with Gasteiger partial charge in [-0.05, 0) is 60.6 Å². The van der Waals surface area contributed by atoms with E-state index < -0.39 is 0 Å². The molecule has 1 N–H and O–H groups in total. The fourth-order valence-corrected chi connectivity index (χ4v) is 5.02. The number of aryl methyl sites for hydroxylation is 1. The van der Waals surface area contributed by atoms with E-state index in [2.05, 4.69) is 41.3 Å². The molecule has 1 aromatic carbocycles. The Morgan fingerprint density at radius 1 is 1.16 bits per heavy atom. The second kappa shape index (κ2) is 8.17. The molecule has 1 atom stereocenters. The molecule has 2 amide bonds. The van der Waals surface area contributed by atoms with Crippen LogP contribution in [0.3, 0.4) is 0 Å². The van der Waals surface area contributed by atoms with Crippen LogP contribution in [-0.4, -0.2) is 46.3 Å². The van der Waals surface area contributed by atoms with Gasteiger partial charge in [0.25, 0.3) is 0 Å². The predicted molar refractivity (Wildman–Crippen MR) is 121 cm³/mol. The standard InChI is InChI=1S/C25H28N4O2/c1-2-17-5-7-20(8-6-17)29-16-19(14-23(29)30)25(31)28-12-9-18(10-13-28)22-15-27-24-21(22)4-3-11-26-24/h3-8,11,15,18-19H,2,9-10,12-14,16H2,1H3,(H,26,27). The number of fused-ring (bicyclic) bond motifs is 1. The summed E-state index contributed by atoms with van der Waals surface area (Å²) in [4.78, 5) is 37.1. The summed E-state index contributed by atoms with van der Waals surface area (Å²) in [6, 6.07) is 12.2. The summed E-state index contributed by atoms with van der Waals surface area (Å²) < 4.78 is 0. The summed E-state index contributed by atoms with van der Waals surface area (Å²) in [5.74, 6) is 0.358. The van der Waals surface area contributed by atoms with E-state index in [9.17, 15) is 9.59 Å². The minimum Gasteiger partial charge on any atom is -0.346 e. The molecule has 2 aliphatic heterocycles. The Morgan fingerprint density at radius 3 is 2.68 bits per heavy atom. The van der Waals surface area contributed by atoms with Gasteiger partial charge < -0.3 is 14.8 Å². The zero-order chi connectivity index (χ0) is 21.4. The molecule has 2 saturated heterocycles. The van der Waals surface area contributed by atoms with Crippen molar-refractivity contribution in [2.24, 2.45) is 5.92 Å². The molecule has 0 spiro atoms. The Labute approximate surface area is 182 Å². The third-order valence-corrected chi connectivity index (χ3v) is 6.86. The summed E-state index contributed by atoms with van der Waals surface area (Å²) in [5, 5.41) is 1.18. The molecule has 3 aromatic rings. The molecule has 0 bridgehead atoms. The summed E-state index contributed by atoms with van der Waals surface area (Å²) in [6.07, 6.45) is 7.03. The highest BCUT2D eigenvalue weighted by atomic mass is 16.2. The first-order valence-corrected chi connectivity index (χ1v) is 11.2. The first kappa shape index (κ1) is 19.8. The minimum atomic E-state index is -0.243. The number of rotatable bonds is 4. The van der Waals surface area contributed by atoms with Gasteiger partial charge in [-0.15, -0.1) is 0 Å². The van der Waals surface area contributed by atoms with Gasteiger partial charge in [-0.25, -0.2) is 4.98 Å². The molecular weight excluding hydrogens is 388 g/mol. The lowest BCUT2D eigenvalue weighted by Crippen LogP contribution is -2.42. The Kier molecular flexibility index (Phi) is 5.22. The maximum absolute atomic E-state index is 13.2. The van der Waals surface area contributed by atoms with Crippen LogP contribution in [0.25, 0.3) is 11.0 Å². The second-order valence-electron chi connectivity index (χ2n) is 8.67. The van der Waals surface area contributed by atoms with E-state index in [1.807, 2.05) is 23.1 Å². The molecule has 6 nitrogen and oxygen atoms in total. The number of hydrogen-bond donors (Lipinski definition) is 1. The van der Waals surface area contributed by atoms with Crippen LogP contribution in [-0.2, 0) is 16.0 Å². The monoisotopic (exact) mass is 416 g/mol. The molecule has 0 radical (unpaired) electrons. The number of benzene rings is 1. The average molecular weight is 417 g/mol. The average Bonchev–Trinajstić information content (AvgIpc) is 3.42. The number of nitrogens with zero attached hydrogens (tertiary/aromatic N) is 3. The molecule has 4 heterocycles. The number of nitrogens with one attached hydrogen (secondary N) is 1. The number of aromatic amines is 1. The summed E-state index contributed by atoms with van der Waals surface area (Å²) in [5.41, 5.74) is 4.36. The van der Waals surface area contributed by atoms with Gasteiger partial charge in [-0.3, -0.25) is 9.59 Å². The van der Waals surface area contributed by atoms with E-state index in [1.165, 1.54) is 16.5 Å². The van der Waals surface area contributed by atoms with Gasteiger partial charge in [0.1, 0.15) is 5.65 Å². The van der Waals surface area contributed by atoms with E-state index in [1.54, 1.807) is 11.1 Å². The minimum absolute atomic E-state index is 0.0452. The molecular formula is C25H28N4O2. The van der Waals surface area contributed by atoms with E-state index in [0.717, 1.165) is 43.7 Å². The van der Waals surface area contributed by atoms with Crippen molar-refractivity contribution < 1.29 is 9.59 Å². The molecule has 5 rings (SSSR count). The molecule has 160 valence electrons. The number of hydrogen-bond acceptors (Lipinski definition) is 3. The van der Waals surface area contributed by atoms with Crippen molar-refractivity contribution in [1.29, 1.82) is 0 Å². The molecule has 0 aliphatic carbocycles. The van der Waals surface area contributed by atoms with E-state index in [-0.39, 0.29) is 17.7 Å². The molecule has 6 heteroatoms. The van der Waals surface area contributed by atoms with Crippen LogP contribution >= 0.6 is 0 Å². The smallest absolute Gasteiger partial charge is 0.228 e. The van der Waals surface area contributed by atoms with Gasteiger partial charge in [-0.1, -0.05) is 19.1 Å². The number of likely N-dealkylation sites (tertiary alicyclic amines) is 1. The topological polar surface area (TPSA) is 69.3 Å². The fourth-order valence-electron chi connectivity index (χ4n) is 5.02. The summed E-state index contributed by atoms with van der Waals surface area (Å²) >= 11 is 0. The van der Waals surface area contributed by atoms with Crippen LogP contribution in [0.4, 0.5) is 5.69 Å². The maximum Gasteiger partial charge on any atom is 0.228 e. The number of piperidine rings is 1. The molecule has 2 aliphatic rings. The number of H-pyrrole nitrogens is 1. The van der Waals surface area contributed by atoms with Crippen molar-refractivity contribution >= 4 is 28.5 Å². The van der Waals surface area contributed by atoms with E-state index in [4.69, 9.17) is 0 Å². The molecule has 2 fully saturated rings. The van der Waals surface area contributed by atoms with Crippen molar-refractivity contribution in [3.8, 4) is 0 Å². The van der Waals surface area contributed by atoms with Crippen LogP contribution in [0, 0.1) is 5.92 Å². The molecule has 1 unspecified atom stereocenters. The lowest BCUT2D eigenvalue weighted by Gasteiger charge is -2.33. The van der Waals surface area contributed by atoms with Gasteiger partial charge in [0.05, 0.1) is 5.92 Å². The highest BCUT2D eigenvalue weighted by molar-refractivity contribution is 6.00. The van der Waals surface area contributed by atoms with Crippen molar-refractivity contribution in [1.82, 2.24) is 14.9 Å². The lowest BCUT2D eigenvalue weighted by atomic mass is 9.89. The number of pyridine rings is 1. The van der Waals surface area contributed by atoms with Crippen LogP contribution in [0.1, 0.15) is 43.2 Å². The number of anilines is 1. The van der Waals surface area contributed by atoms with Crippen LogP contribution in [0.5, 0.6) is 0 Å². The van der Waals surface area contributed by atoms with Gasteiger partial charge in [-0.2, -0.15) is 0 Å². The van der Waals surface area contributed by atoms with Crippen molar-refractivity contribution in [2.75, 3.05) is 24.5 Å². The molecule has 2 aromatic heterocycles. The Balaban J connectivity index is 1.22. The Morgan fingerprint density at radius 2 is 1.94 bits per heavy atom. The number of amides is 2. The van der Waals surface area contributed by atoms with Gasteiger partial charge in [0, 0.05) is 49.5 Å². The summed E-state index contributed by atoms with van der Waals surface area (Å²) in [6.45, 7) is 4.08. The third-order valence-electron chi connectivity index (χ3n) is 6.86. The Hall–Kier alpha value is -3.15. The highest BCUT2D eigenvalue weighted by Crippen LogP contribution is 2.34. The van der Waals surface area contributed by atoms with Crippen molar-refractivity contribution in [3.05, 3.63) is 59.9 Å². The van der Waals surface area contributed by atoms with Gasteiger partial charge in [0.2, 0.25) is 11.8 Å². The van der Waals surface area contributed by atoms with Crippen molar-refractivity contribution in [3.63, 3.8) is 0 Å². The number of carbonyl (C=O) groups is 2. The van der Waals surface area contributed by atoms with Crippen LogP contribution in [0.2, 0.25) is 0 Å². The quantitative estimate of drug-likeness (QED) is 0.702. The Bertz CT molecular complexity index is 1100. The normalized spacial score (nSPS) is 20.0. The molecule has 31 heavy (non-hydrogen) atoms. The van der Waals surface area contributed by atoms with E-state index >= 15 is 0 Å². The lowest BCUT2D eigenvalue weighted by molar-refractivity contribution is -0.136. The van der Waals surface area contributed by atoms with Crippen LogP contribution in [0.15, 0.2) is 48.8 Å². The predicted octanol–water partition coefficient (Wildman–Crippen LogP) is 3.88. The van der Waals surface area contributed by atoms with Crippen LogP contribution < -0.4 is 4.90 Å². The number of aromatic nitrogens is 2. The van der Waals surface area contributed by atoms with Gasteiger partial charge >= 0.3 is 0 Å². The maximum atomic E-state index is 13.2. The SMILES string of the molecule is CCc1ccc(N2CC(C(=O)N3CCC(c4c[nH]c5ncccc45)CC3)CC2=O)cc1. The number of carbonyl (C=O) groups excluding carboxylic acids is 2.